The maximum absolute atomic E-state index is 11.7. The summed E-state index contributed by atoms with van der Waals surface area (Å²) in [6.45, 7) is 2.25. The number of rotatable bonds is 3. The summed E-state index contributed by atoms with van der Waals surface area (Å²) in [6, 6.07) is -0.233. The van der Waals surface area contributed by atoms with Crippen molar-refractivity contribution in [3.05, 3.63) is 11.1 Å². The molecule has 2 rings (SSSR count). The highest BCUT2D eigenvalue weighted by Crippen LogP contribution is 2.20. The molecule has 0 spiro atoms. The Morgan fingerprint density at radius 1 is 1.59 bits per heavy atom. The quantitative estimate of drug-likeness (QED) is 0.799. The second-order valence-electron chi connectivity index (χ2n) is 4.07. The molecule has 0 radical (unpaired) electrons. The van der Waals surface area contributed by atoms with Gasteiger partial charge < -0.3 is 10.6 Å². The van der Waals surface area contributed by atoms with Gasteiger partial charge in [0.05, 0.1) is 11.1 Å². The molecule has 1 fully saturated rings. The summed E-state index contributed by atoms with van der Waals surface area (Å²) < 4.78 is 0. The Morgan fingerprint density at radius 3 is 3.12 bits per heavy atom. The van der Waals surface area contributed by atoms with Gasteiger partial charge in [-0.1, -0.05) is 11.3 Å². The van der Waals surface area contributed by atoms with Crippen LogP contribution in [0, 0.1) is 0 Å². The van der Waals surface area contributed by atoms with Gasteiger partial charge in [-0.25, -0.2) is 4.98 Å². The Labute approximate surface area is 104 Å². The van der Waals surface area contributed by atoms with E-state index in [0.717, 1.165) is 25.8 Å². The van der Waals surface area contributed by atoms with E-state index in [0.29, 0.717) is 10.0 Å². The predicted octanol–water partition coefficient (Wildman–Crippen LogP) is 1.43. The van der Waals surface area contributed by atoms with Gasteiger partial charge in [-0.05, 0) is 19.3 Å². The van der Waals surface area contributed by atoms with E-state index < -0.39 is 0 Å². The number of aromatic nitrogens is 1. The van der Waals surface area contributed by atoms with Crippen LogP contribution in [-0.2, 0) is 4.79 Å². The summed E-state index contributed by atoms with van der Waals surface area (Å²) in [5.74, 6) is 0.0166. The maximum Gasteiger partial charge on any atom is 0.242 e. The van der Waals surface area contributed by atoms with Gasteiger partial charge in [-0.15, -0.1) is 0 Å². The number of carbonyl (C=O) groups is 2. The average molecular weight is 253 g/mol. The first-order valence-electron chi connectivity index (χ1n) is 5.68. The van der Waals surface area contributed by atoms with Crippen LogP contribution >= 0.6 is 11.3 Å². The molecule has 92 valence electrons. The highest BCUT2D eigenvalue weighted by atomic mass is 32.1. The van der Waals surface area contributed by atoms with Crippen molar-refractivity contribution >= 4 is 28.2 Å². The molecule has 1 aliphatic rings. The van der Waals surface area contributed by atoms with Gasteiger partial charge in [0.25, 0.3) is 0 Å². The SMILES string of the molecule is CC(=O)c1cnc(NC2CCCCNC2=O)s1. The predicted molar refractivity (Wildman–Crippen MR) is 66.4 cm³/mol. The first kappa shape index (κ1) is 12.0. The fraction of sp³-hybridized carbons (Fsp3) is 0.545. The first-order valence-corrected chi connectivity index (χ1v) is 6.49. The molecule has 1 unspecified atom stereocenters. The Hall–Kier alpha value is -1.43. The van der Waals surface area contributed by atoms with Crippen LogP contribution in [0.15, 0.2) is 6.20 Å². The molecule has 1 aromatic heterocycles. The van der Waals surface area contributed by atoms with Gasteiger partial charge in [-0.3, -0.25) is 9.59 Å². The second kappa shape index (κ2) is 5.27. The molecule has 1 aliphatic heterocycles. The Balaban J connectivity index is 2.03. The van der Waals surface area contributed by atoms with Gasteiger partial charge in [0.15, 0.2) is 10.9 Å². The summed E-state index contributed by atoms with van der Waals surface area (Å²) in [5, 5.41) is 6.58. The lowest BCUT2D eigenvalue weighted by atomic mass is 10.1. The van der Waals surface area contributed by atoms with Crippen LogP contribution in [0.2, 0.25) is 0 Å². The Kier molecular flexibility index (Phi) is 3.73. The number of hydrogen-bond donors (Lipinski definition) is 2. The standard InChI is InChI=1S/C11H15N3O2S/c1-7(15)9-6-13-11(17-9)14-8-4-2-3-5-12-10(8)16/h6,8H,2-5H2,1H3,(H,12,16)(H,13,14). The molecule has 0 bridgehead atoms. The van der Waals surface area contributed by atoms with Crippen molar-refractivity contribution in [2.24, 2.45) is 0 Å². The van der Waals surface area contributed by atoms with E-state index in [1.54, 1.807) is 6.20 Å². The van der Waals surface area contributed by atoms with Gasteiger partial charge in [0.2, 0.25) is 5.91 Å². The molecular formula is C11H15N3O2S. The summed E-state index contributed by atoms with van der Waals surface area (Å²) in [5.41, 5.74) is 0. The molecule has 1 aromatic rings. The largest absolute Gasteiger partial charge is 0.354 e. The van der Waals surface area contributed by atoms with Crippen LogP contribution in [0.1, 0.15) is 35.9 Å². The monoisotopic (exact) mass is 253 g/mol. The van der Waals surface area contributed by atoms with E-state index in [2.05, 4.69) is 15.6 Å². The number of anilines is 1. The molecule has 5 nitrogen and oxygen atoms in total. The summed E-state index contributed by atoms with van der Waals surface area (Å²) in [6.07, 6.45) is 4.38. The minimum absolute atomic E-state index is 0.000804. The fourth-order valence-electron chi connectivity index (χ4n) is 1.73. The fourth-order valence-corrected chi connectivity index (χ4v) is 2.49. The van der Waals surface area contributed by atoms with Gasteiger partial charge in [0.1, 0.15) is 6.04 Å². The van der Waals surface area contributed by atoms with Crippen LogP contribution in [0.3, 0.4) is 0 Å². The highest BCUT2D eigenvalue weighted by Gasteiger charge is 2.21. The molecule has 1 saturated heterocycles. The molecule has 0 saturated carbocycles. The molecule has 17 heavy (non-hydrogen) atoms. The number of amides is 1. The molecule has 1 atom stereocenters. The van der Waals surface area contributed by atoms with Gasteiger partial charge >= 0.3 is 0 Å². The van der Waals surface area contributed by atoms with Gasteiger partial charge in [-0.2, -0.15) is 0 Å². The van der Waals surface area contributed by atoms with Crippen LogP contribution in [-0.4, -0.2) is 29.3 Å². The van der Waals surface area contributed by atoms with Crippen LogP contribution in [0.25, 0.3) is 0 Å². The molecule has 0 aromatic carbocycles. The van der Waals surface area contributed by atoms with Crippen LogP contribution < -0.4 is 10.6 Å². The maximum atomic E-state index is 11.7. The zero-order valence-corrected chi connectivity index (χ0v) is 10.5. The second-order valence-corrected chi connectivity index (χ2v) is 5.10. The number of thiazole rings is 1. The van der Waals surface area contributed by atoms with E-state index in [-0.39, 0.29) is 17.7 Å². The molecule has 2 heterocycles. The zero-order valence-electron chi connectivity index (χ0n) is 9.66. The summed E-state index contributed by atoms with van der Waals surface area (Å²) >= 11 is 1.29. The summed E-state index contributed by atoms with van der Waals surface area (Å²) in [4.78, 5) is 27.5. The van der Waals surface area contributed by atoms with E-state index >= 15 is 0 Å². The third-order valence-electron chi connectivity index (χ3n) is 2.69. The smallest absolute Gasteiger partial charge is 0.242 e. The number of Topliss-reactive ketones (excluding diaryl/α,β-unsaturated/α-hetero) is 1. The van der Waals surface area contributed by atoms with E-state index in [4.69, 9.17) is 0 Å². The number of nitrogens with zero attached hydrogens (tertiary/aromatic N) is 1. The van der Waals surface area contributed by atoms with Gasteiger partial charge in [0, 0.05) is 13.5 Å². The third-order valence-corrected chi connectivity index (χ3v) is 3.72. The first-order chi connectivity index (χ1) is 8.16. The third kappa shape index (κ3) is 3.03. The Morgan fingerprint density at radius 2 is 2.41 bits per heavy atom. The van der Waals surface area contributed by atoms with Crippen molar-refractivity contribution in [2.45, 2.75) is 32.2 Å². The average Bonchev–Trinajstić information content (AvgIpc) is 2.66. The van der Waals surface area contributed by atoms with Crippen molar-refractivity contribution in [1.82, 2.24) is 10.3 Å². The van der Waals surface area contributed by atoms with Crippen molar-refractivity contribution in [3.8, 4) is 0 Å². The minimum atomic E-state index is -0.233. The van der Waals surface area contributed by atoms with Crippen LogP contribution in [0.5, 0.6) is 0 Å². The Bertz CT molecular complexity index is 430. The van der Waals surface area contributed by atoms with E-state index in [9.17, 15) is 9.59 Å². The van der Waals surface area contributed by atoms with Crippen molar-refractivity contribution in [1.29, 1.82) is 0 Å². The number of hydrogen-bond acceptors (Lipinski definition) is 5. The molecule has 2 N–H and O–H groups in total. The normalized spacial score (nSPS) is 20.5. The van der Waals surface area contributed by atoms with Crippen molar-refractivity contribution in [2.75, 3.05) is 11.9 Å². The minimum Gasteiger partial charge on any atom is -0.354 e. The van der Waals surface area contributed by atoms with E-state index in [1.165, 1.54) is 18.3 Å². The van der Waals surface area contributed by atoms with Crippen LogP contribution in [0.4, 0.5) is 5.13 Å². The number of carbonyl (C=O) groups excluding carboxylic acids is 2. The molecular weight excluding hydrogens is 238 g/mol. The number of ketones is 1. The summed E-state index contributed by atoms with van der Waals surface area (Å²) in [7, 11) is 0. The topological polar surface area (TPSA) is 71.1 Å². The lowest BCUT2D eigenvalue weighted by Gasteiger charge is -2.13. The van der Waals surface area contributed by atoms with Crippen molar-refractivity contribution < 1.29 is 9.59 Å². The number of nitrogens with one attached hydrogen (secondary N) is 2. The molecule has 0 aliphatic carbocycles. The van der Waals surface area contributed by atoms with E-state index in [1.807, 2.05) is 0 Å². The molecule has 1 amide bonds. The molecule has 6 heteroatoms. The van der Waals surface area contributed by atoms with Crippen molar-refractivity contribution in [3.63, 3.8) is 0 Å². The lowest BCUT2D eigenvalue weighted by Crippen LogP contribution is -2.37. The highest BCUT2D eigenvalue weighted by molar-refractivity contribution is 7.17. The zero-order chi connectivity index (χ0) is 12.3. The lowest BCUT2D eigenvalue weighted by molar-refractivity contribution is -0.121.